The Morgan fingerprint density at radius 1 is 0.439 bits per heavy atom. The van der Waals surface area contributed by atoms with Crippen LogP contribution < -0.4 is 0 Å². The minimum Gasteiger partial charge on any atom is -0.354 e. The first-order valence-corrected chi connectivity index (χ1v) is 16.3. The molecular formula is C39H21F13N4O. The first-order valence-electron chi connectivity index (χ1n) is 16.3. The van der Waals surface area contributed by atoms with Gasteiger partial charge < -0.3 is 9.97 Å². The molecule has 0 saturated heterocycles. The van der Waals surface area contributed by atoms with Crippen molar-refractivity contribution in [2.24, 2.45) is 0 Å². The summed E-state index contributed by atoms with van der Waals surface area (Å²) < 4.78 is 190. The van der Waals surface area contributed by atoms with Crippen molar-refractivity contribution in [3.8, 4) is 22.3 Å². The Balaban J connectivity index is 1.64. The van der Waals surface area contributed by atoms with Gasteiger partial charge in [-0.3, -0.25) is 4.79 Å². The second-order valence-corrected chi connectivity index (χ2v) is 12.8. The van der Waals surface area contributed by atoms with Crippen molar-refractivity contribution in [1.82, 2.24) is 19.9 Å². The van der Waals surface area contributed by atoms with Gasteiger partial charge in [-0.15, -0.1) is 0 Å². The Labute approximate surface area is 311 Å². The van der Waals surface area contributed by atoms with E-state index in [4.69, 9.17) is 0 Å². The average molecular weight is 809 g/mol. The third-order valence-electron chi connectivity index (χ3n) is 9.29. The number of hydrogen-bond acceptors (Lipinski definition) is 3. The first kappa shape index (κ1) is 39.1. The van der Waals surface area contributed by atoms with E-state index in [0.29, 0.717) is 29.6 Å². The zero-order chi connectivity index (χ0) is 41.3. The number of nitrogens with zero attached hydrogens (tertiary/aromatic N) is 2. The van der Waals surface area contributed by atoms with Crippen molar-refractivity contribution in [2.75, 3.05) is 0 Å². The highest BCUT2D eigenvalue weighted by molar-refractivity contribution is 5.99. The second kappa shape index (κ2) is 13.2. The van der Waals surface area contributed by atoms with Crippen LogP contribution in [0.4, 0.5) is 57.1 Å². The van der Waals surface area contributed by atoms with Gasteiger partial charge in [0.05, 0.1) is 44.9 Å². The molecule has 2 aliphatic heterocycles. The topological polar surface area (TPSA) is 74.4 Å². The summed E-state index contributed by atoms with van der Waals surface area (Å²) >= 11 is 0. The van der Waals surface area contributed by atoms with Gasteiger partial charge in [0.15, 0.2) is 6.29 Å². The first-order chi connectivity index (χ1) is 26.7. The molecule has 57 heavy (non-hydrogen) atoms. The molecule has 5 aromatic rings. The quantitative estimate of drug-likeness (QED) is 0.119. The van der Waals surface area contributed by atoms with Crippen LogP contribution in [-0.2, 0) is 5.92 Å². The molecule has 2 N–H and O–H groups in total. The van der Waals surface area contributed by atoms with Gasteiger partial charge in [0.1, 0.15) is 0 Å². The molecule has 0 unspecified atom stereocenters. The van der Waals surface area contributed by atoms with Crippen LogP contribution in [0.15, 0.2) is 84.9 Å². The largest absolute Gasteiger partial charge is 0.460 e. The lowest BCUT2D eigenvalue weighted by Crippen LogP contribution is -2.69. The highest BCUT2D eigenvalue weighted by Gasteiger charge is 2.91. The van der Waals surface area contributed by atoms with Crippen LogP contribution in [0.2, 0.25) is 0 Å². The molecule has 0 amide bonds. The van der Waals surface area contributed by atoms with Crippen molar-refractivity contribution in [2.45, 2.75) is 35.8 Å². The zero-order valence-corrected chi connectivity index (χ0v) is 28.2. The predicted molar refractivity (Wildman–Crippen MR) is 185 cm³/mol. The minimum atomic E-state index is -8.12. The molecule has 18 heteroatoms. The number of aromatic nitrogens is 4. The SMILES string of the molecule is O=Cc1c2ccc([nH]2)c(-c2ccccc2)c2nc(c(C(F)(F)C(F)(F)C(F)(F)C(F)(F)C(F)(F)C(F)(F)F)c3nc(c(-c4ccccc4)c4ccc1[nH]4)C=C3)C=C2. The predicted octanol–water partition coefficient (Wildman–Crippen LogP) is 12.0. The molecule has 2 aliphatic rings. The highest BCUT2D eigenvalue weighted by atomic mass is 19.4. The maximum Gasteiger partial charge on any atom is 0.460 e. The monoisotopic (exact) mass is 808 g/mol. The van der Waals surface area contributed by atoms with Gasteiger partial charge in [-0.1, -0.05) is 60.7 Å². The number of carbonyl (C=O) groups is 1. The number of carbonyl (C=O) groups excluding carboxylic acids is 1. The summed E-state index contributed by atoms with van der Waals surface area (Å²) in [6.07, 6.45) is -3.89. The van der Waals surface area contributed by atoms with Gasteiger partial charge in [-0.05, 0) is 59.7 Å². The molecule has 0 radical (unpaired) electrons. The van der Waals surface area contributed by atoms with Gasteiger partial charge >= 0.3 is 35.8 Å². The molecule has 0 spiro atoms. The number of benzene rings is 2. The summed E-state index contributed by atoms with van der Waals surface area (Å²) in [5.74, 6) is -38.5. The normalized spacial score (nSPS) is 14.0. The number of fused-ring (bicyclic) bond motifs is 8. The summed E-state index contributed by atoms with van der Waals surface area (Å²) in [6, 6.07) is 21.2. The van der Waals surface area contributed by atoms with Crippen LogP contribution in [0.5, 0.6) is 0 Å². The Morgan fingerprint density at radius 2 is 0.807 bits per heavy atom. The van der Waals surface area contributed by atoms with Gasteiger partial charge in [0, 0.05) is 22.2 Å². The molecule has 5 nitrogen and oxygen atoms in total. The third kappa shape index (κ3) is 5.91. The lowest BCUT2D eigenvalue weighted by atomic mass is 9.89. The second-order valence-electron chi connectivity index (χ2n) is 12.8. The number of halogens is 13. The van der Waals surface area contributed by atoms with Crippen molar-refractivity contribution in [1.29, 1.82) is 0 Å². The maximum absolute atomic E-state index is 16.4. The standard InChI is InChI=1S/C39H21F13N4O/c40-34(41,35(42,43)36(44,45)37(46,47)38(48,49)39(50,51)52)33-29-17-15-27(55-29)31(20-7-3-1-4-8-20)25-13-11-23(53-25)22(19-57)24-12-14-26(54-24)32(21-9-5-2-6-10-21)28-16-18-30(33)56-28/h1-19,53-54H. The lowest BCUT2D eigenvalue weighted by molar-refractivity contribution is -0.441. The fourth-order valence-corrected chi connectivity index (χ4v) is 6.42. The molecule has 5 heterocycles. The molecule has 2 aromatic carbocycles. The van der Waals surface area contributed by atoms with E-state index in [0.717, 1.165) is 12.2 Å². The molecular weight excluding hydrogens is 787 g/mol. The van der Waals surface area contributed by atoms with Gasteiger partial charge in [0.25, 0.3) is 0 Å². The van der Waals surface area contributed by atoms with Crippen LogP contribution in [-0.4, -0.2) is 56.1 Å². The van der Waals surface area contributed by atoms with Crippen molar-refractivity contribution < 1.29 is 61.9 Å². The van der Waals surface area contributed by atoms with Crippen LogP contribution in [0.25, 0.3) is 68.6 Å². The van der Waals surface area contributed by atoms with Crippen LogP contribution >= 0.6 is 0 Å². The fraction of sp³-hybridized carbons (Fsp3) is 0.154. The smallest absolute Gasteiger partial charge is 0.354 e. The number of alkyl halides is 13. The average Bonchev–Trinajstić information content (AvgIpc) is 3.99. The van der Waals surface area contributed by atoms with Gasteiger partial charge in [-0.2, -0.15) is 57.1 Å². The van der Waals surface area contributed by atoms with E-state index in [2.05, 4.69) is 19.9 Å². The fourth-order valence-electron chi connectivity index (χ4n) is 6.42. The highest BCUT2D eigenvalue weighted by Crippen LogP contribution is 2.62. The van der Waals surface area contributed by atoms with Crippen LogP contribution in [0.3, 0.4) is 0 Å². The molecule has 7 rings (SSSR count). The summed E-state index contributed by atoms with van der Waals surface area (Å²) in [7, 11) is 0. The molecule has 3 aromatic heterocycles. The summed E-state index contributed by atoms with van der Waals surface area (Å²) in [4.78, 5) is 26.5. The Hall–Kier alpha value is -6.20. The van der Waals surface area contributed by atoms with E-state index in [-0.39, 0.29) is 50.1 Å². The Bertz CT molecular complexity index is 2490. The molecule has 0 saturated carbocycles. The van der Waals surface area contributed by atoms with E-state index < -0.39 is 52.7 Å². The van der Waals surface area contributed by atoms with Gasteiger partial charge in [-0.25, -0.2) is 9.97 Å². The third-order valence-corrected chi connectivity index (χ3v) is 9.29. The van der Waals surface area contributed by atoms with E-state index in [1.807, 2.05) is 0 Å². The number of aldehydes is 1. The minimum absolute atomic E-state index is 0.0459. The van der Waals surface area contributed by atoms with Crippen LogP contribution in [0.1, 0.15) is 38.7 Å². The zero-order valence-electron chi connectivity index (χ0n) is 28.2. The molecule has 8 bridgehead atoms. The van der Waals surface area contributed by atoms with Crippen molar-refractivity contribution in [3.05, 3.63) is 119 Å². The lowest BCUT2D eigenvalue weighted by Gasteiger charge is -2.40. The summed E-state index contributed by atoms with van der Waals surface area (Å²) in [5.41, 5.74) is -4.07. The van der Waals surface area contributed by atoms with Crippen molar-refractivity contribution >= 4 is 52.7 Å². The Morgan fingerprint density at radius 3 is 1.19 bits per heavy atom. The summed E-state index contributed by atoms with van der Waals surface area (Å²) in [6.45, 7) is 0. The van der Waals surface area contributed by atoms with Crippen molar-refractivity contribution in [3.63, 3.8) is 0 Å². The number of aromatic amines is 2. The van der Waals surface area contributed by atoms with E-state index in [9.17, 15) is 35.5 Å². The number of H-pyrrole nitrogens is 2. The van der Waals surface area contributed by atoms with Gasteiger partial charge in [0.2, 0.25) is 0 Å². The van der Waals surface area contributed by atoms with Crippen LogP contribution in [0, 0.1) is 0 Å². The van der Waals surface area contributed by atoms with E-state index in [1.54, 1.807) is 36.4 Å². The Kier molecular flexibility index (Phi) is 9.04. The van der Waals surface area contributed by atoms with E-state index in [1.165, 1.54) is 48.5 Å². The number of rotatable bonds is 8. The number of hydrogen-bond donors (Lipinski definition) is 2. The molecule has 0 fully saturated rings. The molecule has 294 valence electrons. The molecule has 0 atom stereocenters. The number of nitrogens with one attached hydrogen (secondary N) is 2. The summed E-state index contributed by atoms with van der Waals surface area (Å²) in [5, 5.41) is 0. The van der Waals surface area contributed by atoms with E-state index >= 15 is 26.3 Å². The maximum atomic E-state index is 16.4. The molecule has 0 aliphatic carbocycles.